The molecule has 1 fully saturated rings. The van der Waals surface area contributed by atoms with E-state index in [0.29, 0.717) is 18.7 Å². The SMILES string of the molecule is O=C1NC(C(=O)NCCCCO)CS1. The highest BCUT2D eigenvalue weighted by atomic mass is 32.2. The van der Waals surface area contributed by atoms with Crippen LogP contribution >= 0.6 is 11.8 Å². The molecule has 1 rings (SSSR count). The molecule has 0 spiro atoms. The molecule has 0 bridgehead atoms. The van der Waals surface area contributed by atoms with Crippen molar-refractivity contribution in [3.05, 3.63) is 0 Å². The normalized spacial score (nSPS) is 20.6. The summed E-state index contributed by atoms with van der Waals surface area (Å²) in [6, 6.07) is -0.387. The van der Waals surface area contributed by atoms with Gasteiger partial charge in [0.05, 0.1) is 0 Å². The molecule has 2 amide bonds. The largest absolute Gasteiger partial charge is 0.396 e. The first kappa shape index (κ1) is 11.3. The van der Waals surface area contributed by atoms with Gasteiger partial charge in [-0.05, 0) is 12.8 Å². The zero-order valence-electron chi connectivity index (χ0n) is 7.78. The van der Waals surface area contributed by atoms with Crippen molar-refractivity contribution < 1.29 is 14.7 Å². The second kappa shape index (κ2) is 5.87. The van der Waals surface area contributed by atoms with E-state index in [1.165, 1.54) is 0 Å². The van der Waals surface area contributed by atoms with Crippen LogP contribution in [0.1, 0.15) is 12.8 Å². The summed E-state index contributed by atoms with van der Waals surface area (Å²) < 4.78 is 0. The van der Waals surface area contributed by atoms with Crippen LogP contribution in [0.5, 0.6) is 0 Å². The number of amides is 2. The predicted octanol–water partition coefficient (Wildman–Crippen LogP) is -0.300. The van der Waals surface area contributed by atoms with E-state index in [4.69, 9.17) is 5.11 Å². The Morgan fingerprint density at radius 1 is 1.64 bits per heavy atom. The van der Waals surface area contributed by atoms with Crippen LogP contribution in [-0.4, -0.2) is 41.2 Å². The lowest BCUT2D eigenvalue weighted by atomic mass is 10.3. The summed E-state index contributed by atoms with van der Waals surface area (Å²) in [7, 11) is 0. The minimum atomic E-state index is -0.387. The Labute approximate surface area is 86.6 Å². The molecule has 3 N–H and O–H groups in total. The molecule has 0 radical (unpaired) electrons. The first-order chi connectivity index (χ1) is 6.74. The average Bonchev–Trinajstić information content (AvgIpc) is 2.59. The number of aliphatic hydroxyl groups is 1. The second-order valence-electron chi connectivity index (χ2n) is 3.02. The van der Waals surface area contributed by atoms with Crippen molar-refractivity contribution in [1.29, 1.82) is 0 Å². The standard InChI is InChI=1S/C8H14N2O3S/c11-4-2-1-3-9-7(12)6-5-14-8(13)10-6/h6,11H,1-5H2,(H,9,12)(H,10,13). The fraction of sp³-hybridized carbons (Fsp3) is 0.750. The van der Waals surface area contributed by atoms with Crippen LogP contribution in [0, 0.1) is 0 Å². The summed E-state index contributed by atoms with van der Waals surface area (Å²) in [6.45, 7) is 0.697. The Balaban J connectivity index is 2.12. The third-order valence-corrected chi connectivity index (χ3v) is 2.75. The fourth-order valence-electron chi connectivity index (χ4n) is 1.10. The Morgan fingerprint density at radius 3 is 3.00 bits per heavy atom. The molecule has 80 valence electrons. The lowest BCUT2D eigenvalue weighted by molar-refractivity contribution is -0.122. The van der Waals surface area contributed by atoms with E-state index in [2.05, 4.69) is 10.6 Å². The molecule has 0 aromatic rings. The molecule has 1 atom stereocenters. The predicted molar refractivity (Wildman–Crippen MR) is 54.1 cm³/mol. The number of rotatable bonds is 5. The number of hydrogen-bond acceptors (Lipinski definition) is 4. The quantitative estimate of drug-likeness (QED) is 0.554. The number of nitrogens with one attached hydrogen (secondary N) is 2. The van der Waals surface area contributed by atoms with Gasteiger partial charge >= 0.3 is 0 Å². The lowest BCUT2D eigenvalue weighted by Crippen LogP contribution is -2.43. The summed E-state index contributed by atoms with van der Waals surface area (Å²) in [5, 5.41) is 13.6. The third kappa shape index (κ3) is 3.55. The molecule has 1 aliphatic rings. The lowest BCUT2D eigenvalue weighted by Gasteiger charge is -2.09. The van der Waals surface area contributed by atoms with Crippen LogP contribution in [0.4, 0.5) is 4.79 Å². The van der Waals surface area contributed by atoms with E-state index in [1.807, 2.05) is 0 Å². The van der Waals surface area contributed by atoms with Gasteiger partial charge in [0.25, 0.3) is 5.24 Å². The molecule has 1 aliphatic heterocycles. The van der Waals surface area contributed by atoms with Gasteiger partial charge in [-0.1, -0.05) is 11.8 Å². The monoisotopic (exact) mass is 218 g/mol. The van der Waals surface area contributed by atoms with Crippen LogP contribution in [0.2, 0.25) is 0 Å². The molecule has 0 aliphatic carbocycles. The van der Waals surface area contributed by atoms with Crippen LogP contribution in [0.3, 0.4) is 0 Å². The highest BCUT2D eigenvalue weighted by Gasteiger charge is 2.27. The Morgan fingerprint density at radius 2 is 2.43 bits per heavy atom. The first-order valence-electron chi connectivity index (χ1n) is 4.56. The van der Waals surface area contributed by atoms with Crippen molar-refractivity contribution >= 4 is 22.9 Å². The van der Waals surface area contributed by atoms with Gasteiger partial charge in [0.15, 0.2) is 0 Å². The van der Waals surface area contributed by atoms with Gasteiger partial charge in [-0.25, -0.2) is 0 Å². The van der Waals surface area contributed by atoms with Gasteiger partial charge in [-0.3, -0.25) is 9.59 Å². The molecule has 14 heavy (non-hydrogen) atoms. The minimum Gasteiger partial charge on any atom is -0.396 e. The molecule has 1 unspecified atom stereocenters. The van der Waals surface area contributed by atoms with E-state index < -0.39 is 0 Å². The number of carbonyl (C=O) groups excluding carboxylic acids is 2. The zero-order valence-corrected chi connectivity index (χ0v) is 8.60. The van der Waals surface area contributed by atoms with Crippen LogP contribution in [0.25, 0.3) is 0 Å². The third-order valence-electron chi connectivity index (χ3n) is 1.87. The summed E-state index contributed by atoms with van der Waals surface area (Å²) >= 11 is 1.13. The Kier molecular flexibility index (Phi) is 4.75. The Hall–Kier alpha value is -0.750. The maximum atomic E-state index is 11.4. The van der Waals surface area contributed by atoms with Crippen molar-refractivity contribution in [3.63, 3.8) is 0 Å². The molecular weight excluding hydrogens is 204 g/mol. The molecular formula is C8H14N2O3S. The molecule has 0 aromatic heterocycles. The van der Waals surface area contributed by atoms with Gasteiger partial charge in [0, 0.05) is 18.9 Å². The summed E-state index contributed by atoms with van der Waals surface area (Å²) in [4.78, 5) is 22.1. The molecule has 1 heterocycles. The highest BCUT2D eigenvalue weighted by Crippen LogP contribution is 2.12. The van der Waals surface area contributed by atoms with Crippen LogP contribution < -0.4 is 10.6 Å². The zero-order chi connectivity index (χ0) is 10.4. The molecule has 1 saturated heterocycles. The van der Waals surface area contributed by atoms with Gasteiger partial charge in [0.1, 0.15) is 6.04 Å². The van der Waals surface area contributed by atoms with E-state index >= 15 is 0 Å². The summed E-state index contributed by atoms with van der Waals surface area (Å²) in [6.07, 6.45) is 1.45. The molecule has 6 heteroatoms. The van der Waals surface area contributed by atoms with E-state index in [-0.39, 0.29) is 23.8 Å². The summed E-state index contributed by atoms with van der Waals surface area (Å²) in [5.74, 6) is 0.367. The van der Waals surface area contributed by atoms with E-state index in [0.717, 1.165) is 18.2 Å². The fourth-order valence-corrected chi connectivity index (χ4v) is 1.88. The number of thioether (sulfide) groups is 1. The van der Waals surface area contributed by atoms with E-state index in [1.54, 1.807) is 0 Å². The smallest absolute Gasteiger partial charge is 0.279 e. The van der Waals surface area contributed by atoms with Crippen LogP contribution in [-0.2, 0) is 4.79 Å². The topological polar surface area (TPSA) is 78.4 Å². The number of hydrogen-bond donors (Lipinski definition) is 3. The van der Waals surface area contributed by atoms with Gasteiger partial charge in [-0.2, -0.15) is 0 Å². The molecule has 0 saturated carbocycles. The Bertz CT molecular complexity index is 223. The van der Waals surface area contributed by atoms with Crippen molar-refractivity contribution in [3.8, 4) is 0 Å². The number of aliphatic hydroxyl groups excluding tert-OH is 1. The first-order valence-corrected chi connectivity index (χ1v) is 5.54. The van der Waals surface area contributed by atoms with Crippen LogP contribution in [0.15, 0.2) is 0 Å². The molecule has 0 aromatic carbocycles. The second-order valence-corrected chi connectivity index (χ2v) is 4.01. The average molecular weight is 218 g/mol. The van der Waals surface area contributed by atoms with Crippen molar-refractivity contribution in [1.82, 2.24) is 10.6 Å². The highest BCUT2D eigenvalue weighted by molar-refractivity contribution is 8.14. The van der Waals surface area contributed by atoms with Gasteiger partial charge in [0.2, 0.25) is 5.91 Å². The van der Waals surface area contributed by atoms with Crippen molar-refractivity contribution in [2.45, 2.75) is 18.9 Å². The maximum absolute atomic E-state index is 11.4. The minimum absolute atomic E-state index is 0.138. The van der Waals surface area contributed by atoms with Crippen molar-refractivity contribution in [2.24, 2.45) is 0 Å². The van der Waals surface area contributed by atoms with E-state index in [9.17, 15) is 9.59 Å². The summed E-state index contributed by atoms with van der Waals surface area (Å²) in [5.41, 5.74) is 0. The van der Waals surface area contributed by atoms with Gasteiger partial charge < -0.3 is 15.7 Å². The van der Waals surface area contributed by atoms with Gasteiger partial charge in [-0.15, -0.1) is 0 Å². The number of carbonyl (C=O) groups is 2. The molecule has 5 nitrogen and oxygen atoms in total. The number of unbranched alkanes of at least 4 members (excludes halogenated alkanes) is 1. The van der Waals surface area contributed by atoms with Crippen molar-refractivity contribution in [2.75, 3.05) is 18.9 Å². The maximum Gasteiger partial charge on any atom is 0.279 e.